The van der Waals surface area contributed by atoms with E-state index in [4.69, 9.17) is 14.2 Å². The van der Waals surface area contributed by atoms with Crippen LogP contribution in [-0.2, 0) is 29.1 Å². The van der Waals surface area contributed by atoms with Gasteiger partial charge in [0.15, 0.2) is 0 Å². The Hall–Kier alpha value is -3.77. The van der Waals surface area contributed by atoms with Gasteiger partial charge in [0.25, 0.3) is 10.1 Å². The zero-order chi connectivity index (χ0) is 28.1. The summed E-state index contributed by atoms with van der Waals surface area (Å²) in [4.78, 5) is 47.6. The van der Waals surface area contributed by atoms with Gasteiger partial charge in [-0.15, -0.1) is 0 Å². The molecule has 2 aromatic carbocycles. The second-order valence-corrected chi connectivity index (χ2v) is 9.53. The van der Waals surface area contributed by atoms with Crippen molar-refractivity contribution < 1.29 is 51.1 Å². The summed E-state index contributed by atoms with van der Waals surface area (Å²) in [7, 11) is -3.45. The van der Waals surface area contributed by atoms with Crippen molar-refractivity contribution in [3.05, 3.63) is 64.7 Å². The van der Waals surface area contributed by atoms with Crippen LogP contribution in [0.25, 0.3) is 0 Å². The summed E-state index contributed by atoms with van der Waals surface area (Å²) in [6, 6.07) is 8.71. The zero-order valence-electron chi connectivity index (χ0n) is 21.1. The largest absolute Gasteiger partial charge is 0.465 e. The van der Waals surface area contributed by atoms with Crippen molar-refractivity contribution in [2.45, 2.75) is 43.9 Å². The Morgan fingerprint density at radius 2 is 1.05 bits per heavy atom. The number of carbonyl (C=O) groups excluding carboxylic acids is 4. The van der Waals surface area contributed by atoms with Crippen LogP contribution in [0.2, 0.25) is 0 Å². The molecular weight excluding hydrogens is 520 g/mol. The summed E-state index contributed by atoms with van der Waals surface area (Å²) < 4.78 is 52.6. The van der Waals surface area contributed by atoms with Crippen molar-refractivity contribution >= 4 is 34.0 Å². The van der Waals surface area contributed by atoms with E-state index in [0.29, 0.717) is 24.8 Å². The second kappa shape index (κ2) is 14.8. The van der Waals surface area contributed by atoms with Crippen molar-refractivity contribution in [3.63, 3.8) is 0 Å². The Balaban J connectivity index is 1.86. The smallest absolute Gasteiger partial charge is 0.338 e. The molecule has 12 heteroatoms. The third-order valence-corrected chi connectivity index (χ3v) is 6.03. The lowest BCUT2D eigenvalue weighted by Crippen LogP contribution is -2.13. The minimum atomic E-state index is -4.70. The van der Waals surface area contributed by atoms with Gasteiger partial charge in [0, 0.05) is 0 Å². The van der Waals surface area contributed by atoms with Crippen LogP contribution in [0.15, 0.2) is 47.4 Å². The van der Waals surface area contributed by atoms with Crippen molar-refractivity contribution in [3.8, 4) is 0 Å². The molecule has 11 nitrogen and oxygen atoms in total. The highest BCUT2D eigenvalue weighted by molar-refractivity contribution is 7.85. The number of ether oxygens (including phenoxy) is 4. The van der Waals surface area contributed by atoms with E-state index in [9.17, 15) is 32.1 Å². The van der Waals surface area contributed by atoms with E-state index in [2.05, 4.69) is 4.74 Å². The molecule has 0 atom stereocenters. The highest BCUT2D eigenvalue weighted by Gasteiger charge is 2.20. The number of hydrogen-bond acceptors (Lipinski definition) is 10. The Kier molecular flexibility index (Phi) is 11.9. The van der Waals surface area contributed by atoms with Crippen LogP contribution >= 0.6 is 0 Å². The Bertz CT molecular complexity index is 1230. The number of benzene rings is 2. The molecule has 2 rings (SSSR count). The molecule has 1 N–H and O–H groups in total. The van der Waals surface area contributed by atoms with E-state index in [-0.39, 0.29) is 36.5 Å². The van der Waals surface area contributed by atoms with Crippen LogP contribution in [0.4, 0.5) is 0 Å². The molecule has 0 saturated carbocycles. The lowest BCUT2D eigenvalue weighted by Gasteiger charge is -2.10. The van der Waals surface area contributed by atoms with Crippen molar-refractivity contribution in [2.75, 3.05) is 26.9 Å². The van der Waals surface area contributed by atoms with E-state index in [1.54, 1.807) is 0 Å². The fourth-order valence-electron chi connectivity index (χ4n) is 3.14. The first-order chi connectivity index (χ1) is 18.1. The average Bonchev–Trinajstić information content (AvgIpc) is 2.91. The Morgan fingerprint density at radius 3 is 1.45 bits per heavy atom. The summed E-state index contributed by atoms with van der Waals surface area (Å²) in [5.41, 5.74) is 0.0871. The van der Waals surface area contributed by atoms with Crippen LogP contribution in [0.1, 0.15) is 80.5 Å². The fourth-order valence-corrected chi connectivity index (χ4v) is 3.70. The molecule has 0 radical (unpaired) electrons. The monoisotopic (exact) mass is 550 g/mol. The van der Waals surface area contributed by atoms with Gasteiger partial charge < -0.3 is 18.9 Å². The van der Waals surface area contributed by atoms with E-state index in [1.807, 2.05) is 6.92 Å². The van der Waals surface area contributed by atoms with Crippen molar-refractivity contribution in [1.29, 1.82) is 0 Å². The molecule has 0 heterocycles. The zero-order valence-corrected chi connectivity index (χ0v) is 22.0. The third-order valence-electron chi connectivity index (χ3n) is 5.20. The maximum Gasteiger partial charge on any atom is 0.338 e. The van der Waals surface area contributed by atoms with E-state index in [1.165, 1.54) is 31.4 Å². The molecule has 0 aromatic heterocycles. The van der Waals surface area contributed by atoms with Crippen molar-refractivity contribution in [1.82, 2.24) is 0 Å². The standard InChI is InChI=1S/C26H30O11S/c1-3-4-5-12-36-25(29)20-15-21(17-22(16-20)38(31,32)33)26(30)37-14-7-6-13-35-24(28)19-10-8-18(9-11-19)23(27)34-2/h8-11,15-17H,3-7,12-14H2,1-2H3,(H,31,32,33). The van der Waals surface area contributed by atoms with Gasteiger partial charge in [-0.25, -0.2) is 19.2 Å². The Labute approximate surface area is 220 Å². The van der Waals surface area contributed by atoms with Crippen LogP contribution in [0, 0.1) is 0 Å². The van der Waals surface area contributed by atoms with Gasteiger partial charge in [0.05, 0.1) is 54.1 Å². The molecule has 38 heavy (non-hydrogen) atoms. The van der Waals surface area contributed by atoms with Crippen molar-refractivity contribution in [2.24, 2.45) is 0 Å². The Morgan fingerprint density at radius 1 is 0.658 bits per heavy atom. The molecule has 0 fully saturated rings. The third kappa shape index (κ3) is 9.60. The van der Waals surface area contributed by atoms with E-state index < -0.39 is 38.9 Å². The summed E-state index contributed by atoms with van der Waals surface area (Å²) in [5.74, 6) is -2.85. The van der Waals surface area contributed by atoms with Gasteiger partial charge in [0.2, 0.25) is 0 Å². The molecular formula is C26H30O11S. The maximum absolute atomic E-state index is 12.5. The molecule has 0 aliphatic heterocycles. The first kappa shape index (κ1) is 30.5. The molecule has 0 amide bonds. The lowest BCUT2D eigenvalue weighted by atomic mass is 10.1. The number of hydrogen-bond donors (Lipinski definition) is 1. The molecule has 0 aliphatic rings. The predicted octanol–water partition coefficient (Wildman–Crippen LogP) is 3.86. The number of carbonyl (C=O) groups is 4. The topological polar surface area (TPSA) is 160 Å². The molecule has 2 aromatic rings. The van der Waals surface area contributed by atoms with Gasteiger partial charge in [-0.3, -0.25) is 4.55 Å². The first-order valence-corrected chi connectivity index (χ1v) is 13.3. The van der Waals surface area contributed by atoms with E-state index in [0.717, 1.165) is 31.0 Å². The summed E-state index contributed by atoms with van der Waals surface area (Å²) in [5, 5.41) is 0. The number of rotatable bonds is 14. The summed E-state index contributed by atoms with van der Waals surface area (Å²) >= 11 is 0. The quantitative estimate of drug-likeness (QED) is 0.157. The van der Waals surface area contributed by atoms with Gasteiger partial charge >= 0.3 is 23.9 Å². The van der Waals surface area contributed by atoms with Crippen LogP contribution in [0.5, 0.6) is 0 Å². The maximum atomic E-state index is 12.5. The van der Waals surface area contributed by atoms with Gasteiger partial charge in [-0.05, 0) is 61.7 Å². The lowest BCUT2D eigenvalue weighted by molar-refractivity contribution is 0.0431. The molecule has 0 saturated heterocycles. The van der Waals surface area contributed by atoms with E-state index >= 15 is 0 Å². The van der Waals surface area contributed by atoms with Gasteiger partial charge in [-0.1, -0.05) is 19.8 Å². The van der Waals surface area contributed by atoms with Crippen LogP contribution < -0.4 is 0 Å². The SMILES string of the molecule is CCCCCOC(=O)c1cc(C(=O)OCCCCOC(=O)c2ccc(C(=O)OC)cc2)cc(S(=O)(=O)O)c1. The van der Waals surface area contributed by atoms with Crippen LogP contribution in [0.3, 0.4) is 0 Å². The fraction of sp³-hybridized carbons (Fsp3) is 0.385. The normalized spacial score (nSPS) is 10.9. The molecule has 0 spiro atoms. The molecule has 206 valence electrons. The summed E-state index contributed by atoms with van der Waals surface area (Å²) in [6.07, 6.45) is 3.08. The first-order valence-electron chi connectivity index (χ1n) is 11.9. The van der Waals surface area contributed by atoms with Gasteiger partial charge in [-0.2, -0.15) is 8.42 Å². The predicted molar refractivity (Wildman–Crippen MR) is 134 cm³/mol. The number of methoxy groups -OCH3 is 1. The summed E-state index contributed by atoms with van der Waals surface area (Å²) in [6.45, 7) is 2.08. The number of unbranched alkanes of at least 4 members (excludes halogenated alkanes) is 3. The molecule has 0 aliphatic carbocycles. The minimum Gasteiger partial charge on any atom is -0.465 e. The number of esters is 4. The highest BCUT2D eigenvalue weighted by atomic mass is 32.2. The molecule has 0 bridgehead atoms. The average molecular weight is 551 g/mol. The minimum absolute atomic E-state index is 0.0431. The highest BCUT2D eigenvalue weighted by Crippen LogP contribution is 2.18. The second-order valence-electron chi connectivity index (χ2n) is 8.11. The molecule has 0 unspecified atom stereocenters. The van der Waals surface area contributed by atoms with Crippen LogP contribution in [-0.4, -0.2) is 63.8 Å². The van der Waals surface area contributed by atoms with Gasteiger partial charge in [0.1, 0.15) is 0 Å².